The molecular formula is C24H27NO6S. The second-order valence-electron chi connectivity index (χ2n) is 7.53. The van der Waals surface area contributed by atoms with E-state index >= 15 is 0 Å². The van der Waals surface area contributed by atoms with Crippen molar-refractivity contribution in [3.05, 3.63) is 65.7 Å². The zero-order chi connectivity index (χ0) is 23.3. The van der Waals surface area contributed by atoms with Crippen LogP contribution in [0.2, 0.25) is 0 Å². The van der Waals surface area contributed by atoms with E-state index in [1.807, 2.05) is 31.2 Å². The summed E-state index contributed by atoms with van der Waals surface area (Å²) in [7, 11) is -3.39. The lowest BCUT2D eigenvalue weighted by atomic mass is 9.73. The van der Waals surface area contributed by atoms with Gasteiger partial charge in [0.2, 0.25) is 10.0 Å². The fourth-order valence-corrected chi connectivity index (χ4v) is 4.48. The Bertz CT molecular complexity index is 1120. The Morgan fingerprint density at radius 2 is 1.75 bits per heavy atom. The van der Waals surface area contributed by atoms with E-state index in [9.17, 15) is 18.0 Å². The zero-order valence-electron chi connectivity index (χ0n) is 18.3. The molecule has 0 bridgehead atoms. The van der Waals surface area contributed by atoms with Gasteiger partial charge in [-0.2, -0.15) is 0 Å². The maximum atomic E-state index is 13.1. The maximum absolute atomic E-state index is 13.1. The molecule has 2 unspecified atom stereocenters. The van der Waals surface area contributed by atoms with Crippen LogP contribution in [0.15, 0.2) is 54.6 Å². The lowest BCUT2D eigenvalue weighted by Crippen LogP contribution is -2.34. The minimum Gasteiger partial charge on any atom is -0.494 e. The molecule has 0 aliphatic heterocycles. The van der Waals surface area contributed by atoms with Crippen LogP contribution >= 0.6 is 0 Å². The van der Waals surface area contributed by atoms with E-state index in [4.69, 9.17) is 9.47 Å². The van der Waals surface area contributed by atoms with Crippen LogP contribution in [0.5, 0.6) is 5.75 Å². The number of hydrogen-bond donors (Lipinski definition) is 1. The van der Waals surface area contributed by atoms with Crippen LogP contribution in [0.4, 0.5) is 5.69 Å². The lowest BCUT2D eigenvalue weighted by Gasteiger charge is -2.30. The van der Waals surface area contributed by atoms with Crippen molar-refractivity contribution in [1.82, 2.24) is 0 Å². The number of ether oxygens (including phenoxy) is 2. The number of nitrogens with one attached hydrogen (secondary N) is 1. The molecule has 0 radical (unpaired) electrons. The molecule has 0 saturated heterocycles. The Balaban J connectivity index is 2.00. The summed E-state index contributed by atoms with van der Waals surface area (Å²) in [5, 5.41) is 0. The zero-order valence-corrected chi connectivity index (χ0v) is 19.1. The first-order valence-electron chi connectivity index (χ1n) is 10.4. The van der Waals surface area contributed by atoms with E-state index in [2.05, 4.69) is 4.72 Å². The van der Waals surface area contributed by atoms with Gasteiger partial charge in [-0.3, -0.25) is 14.3 Å². The van der Waals surface area contributed by atoms with Crippen LogP contribution in [-0.2, 0) is 24.3 Å². The summed E-state index contributed by atoms with van der Waals surface area (Å²) in [5.74, 6) is -1.63. The number of carbonyl (C=O) groups is 2. The maximum Gasteiger partial charge on any atom is 0.317 e. The summed E-state index contributed by atoms with van der Waals surface area (Å²) >= 11 is 0. The Morgan fingerprint density at radius 3 is 2.38 bits per heavy atom. The van der Waals surface area contributed by atoms with Crippen molar-refractivity contribution in [3.8, 4) is 5.75 Å². The molecular weight excluding hydrogens is 430 g/mol. The van der Waals surface area contributed by atoms with Gasteiger partial charge in [0, 0.05) is 11.6 Å². The van der Waals surface area contributed by atoms with Crippen LogP contribution in [0, 0.1) is 5.92 Å². The molecule has 0 amide bonds. The minimum absolute atomic E-state index is 0.188. The van der Waals surface area contributed by atoms with Crippen LogP contribution in [-0.4, -0.2) is 39.6 Å². The molecule has 0 saturated carbocycles. The number of benzene rings is 2. The van der Waals surface area contributed by atoms with Gasteiger partial charge in [0.25, 0.3) is 0 Å². The first-order chi connectivity index (χ1) is 15.2. The van der Waals surface area contributed by atoms with Crippen LogP contribution < -0.4 is 9.46 Å². The molecule has 0 fully saturated rings. The van der Waals surface area contributed by atoms with Crippen LogP contribution in [0.1, 0.15) is 37.3 Å². The molecule has 7 nitrogen and oxygen atoms in total. The van der Waals surface area contributed by atoms with Gasteiger partial charge in [-0.05, 0) is 61.2 Å². The molecule has 3 rings (SSSR count). The molecule has 1 aliphatic carbocycles. The molecule has 1 N–H and O–H groups in total. The number of para-hydroxylation sites is 1. The molecule has 1 aliphatic rings. The molecule has 32 heavy (non-hydrogen) atoms. The molecule has 8 heteroatoms. The summed E-state index contributed by atoms with van der Waals surface area (Å²) in [6.45, 7) is 4.23. The molecule has 170 valence electrons. The van der Waals surface area contributed by atoms with Crippen molar-refractivity contribution in [2.75, 3.05) is 24.2 Å². The average molecular weight is 458 g/mol. The highest BCUT2D eigenvalue weighted by atomic mass is 32.2. The third kappa shape index (κ3) is 5.56. The highest BCUT2D eigenvalue weighted by molar-refractivity contribution is 7.92. The number of rotatable bonds is 8. The Hall–Kier alpha value is -3.13. The Morgan fingerprint density at radius 1 is 1.06 bits per heavy atom. The van der Waals surface area contributed by atoms with Gasteiger partial charge in [-0.1, -0.05) is 30.3 Å². The molecule has 0 heterocycles. The van der Waals surface area contributed by atoms with Crippen molar-refractivity contribution in [3.63, 3.8) is 0 Å². The van der Waals surface area contributed by atoms with Crippen molar-refractivity contribution in [1.29, 1.82) is 0 Å². The van der Waals surface area contributed by atoms with Gasteiger partial charge < -0.3 is 9.47 Å². The van der Waals surface area contributed by atoms with Crippen LogP contribution in [0.3, 0.4) is 0 Å². The number of ketones is 1. The number of esters is 1. The van der Waals surface area contributed by atoms with Gasteiger partial charge in [-0.15, -0.1) is 0 Å². The van der Waals surface area contributed by atoms with E-state index in [1.165, 1.54) is 6.08 Å². The highest BCUT2D eigenvalue weighted by Gasteiger charge is 2.40. The number of anilines is 1. The van der Waals surface area contributed by atoms with Gasteiger partial charge in [0.1, 0.15) is 11.7 Å². The van der Waals surface area contributed by atoms with Gasteiger partial charge >= 0.3 is 5.97 Å². The SMILES string of the molecule is CCOC(=O)C1C(=O)C=C(c2ccc(NS(C)(=O)=O)cc2)CC1c1ccccc1OCC. The second kappa shape index (κ2) is 9.99. The third-order valence-corrected chi connectivity index (χ3v) is 5.79. The van der Waals surface area contributed by atoms with Crippen molar-refractivity contribution in [2.45, 2.75) is 26.2 Å². The second-order valence-corrected chi connectivity index (χ2v) is 9.28. The van der Waals surface area contributed by atoms with E-state index in [1.54, 1.807) is 31.2 Å². The molecule has 0 spiro atoms. The van der Waals surface area contributed by atoms with Crippen LogP contribution in [0.25, 0.3) is 5.57 Å². The Labute approximate surface area is 188 Å². The number of allylic oxidation sites excluding steroid dienone is 2. The molecule has 2 aromatic rings. The molecule has 0 aromatic heterocycles. The Kier molecular flexibility index (Phi) is 7.35. The molecule has 2 atom stereocenters. The summed E-state index contributed by atoms with van der Waals surface area (Å²) < 4.78 is 36.3. The van der Waals surface area contributed by atoms with Crippen molar-refractivity contribution < 1.29 is 27.5 Å². The van der Waals surface area contributed by atoms with Crippen molar-refractivity contribution >= 4 is 33.0 Å². The monoisotopic (exact) mass is 457 g/mol. The molecule has 2 aromatic carbocycles. The number of sulfonamides is 1. The lowest BCUT2D eigenvalue weighted by molar-refractivity contribution is -0.151. The summed E-state index contributed by atoms with van der Waals surface area (Å²) in [5.41, 5.74) is 2.75. The van der Waals surface area contributed by atoms with E-state index in [-0.39, 0.29) is 12.4 Å². The standard InChI is InChI=1S/C24H27NO6S/c1-4-30-22-9-7-6-8-19(22)20-14-17(15-21(26)23(20)24(27)31-5-2)16-10-12-18(13-11-16)25-32(3,28)29/h6-13,15,20,23,25H,4-5,14H2,1-3H3. The van der Waals surface area contributed by atoms with Gasteiger partial charge in [-0.25, -0.2) is 8.42 Å². The van der Waals surface area contributed by atoms with Crippen molar-refractivity contribution in [2.24, 2.45) is 5.92 Å². The fourth-order valence-electron chi connectivity index (χ4n) is 3.92. The highest BCUT2D eigenvalue weighted by Crippen LogP contribution is 2.43. The largest absolute Gasteiger partial charge is 0.494 e. The third-order valence-electron chi connectivity index (χ3n) is 5.18. The summed E-state index contributed by atoms with van der Waals surface area (Å²) in [6.07, 6.45) is 3.00. The predicted molar refractivity (Wildman–Crippen MR) is 123 cm³/mol. The normalized spacial score (nSPS) is 18.6. The van der Waals surface area contributed by atoms with Gasteiger partial charge in [0.15, 0.2) is 5.78 Å². The fraction of sp³-hybridized carbons (Fsp3) is 0.333. The van der Waals surface area contributed by atoms with E-state index in [0.717, 1.165) is 23.0 Å². The quantitative estimate of drug-likeness (QED) is 0.479. The first-order valence-corrected chi connectivity index (χ1v) is 12.3. The number of carbonyl (C=O) groups excluding carboxylic acids is 2. The average Bonchev–Trinajstić information content (AvgIpc) is 2.73. The smallest absolute Gasteiger partial charge is 0.317 e. The van der Waals surface area contributed by atoms with Gasteiger partial charge in [0.05, 0.1) is 19.5 Å². The predicted octanol–water partition coefficient (Wildman–Crippen LogP) is 3.78. The number of hydrogen-bond acceptors (Lipinski definition) is 6. The first kappa shape index (κ1) is 23.5. The topological polar surface area (TPSA) is 98.8 Å². The van der Waals surface area contributed by atoms with E-state index in [0.29, 0.717) is 24.5 Å². The summed E-state index contributed by atoms with van der Waals surface area (Å²) in [4.78, 5) is 25.8. The minimum atomic E-state index is -3.39. The summed E-state index contributed by atoms with van der Waals surface area (Å²) in [6, 6.07) is 14.2. The van der Waals surface area contributed by atoms with E-state index < -0.39 is 27.8 Å².